The minimum Gasteiger partial charge on any atom is -0.481 e. The summed E-state index contributed by atoms with van der Waals surface area (Å²) < 4.78 is 4.72. The lowest BCUT2D eigenvalue weighted by molar-refractivity contribution is -0.152. The van der Waals surface area contributed by atoms with Crippen LogP contribution >= 0.6 is 0 Å². The van der Waals surface area contributed by atoms with E-state index in [2.05, 4.69) is 0 Å². The first-order valence-electron chi connectivity index (χ1n) is 8.24. The SMILES string of the molecule is O=C(O)CC(=O)O.O=C(O)CC(=O)OCc1ccccc1.OCc1ccccc1. The largest absolute Gasteiger partial charge is 0.481 e. The van der Waals surface area contributed by atoms with Crippen LogP contribution in [-0.2, 0) is 37.1 Å². The molecule has 0 spiro atoms. The molecule has 0 amide bonds. The molecule has 9 heteroatoms. The average Bonchev–Trinajstić information content (AvgIpc) is 2.67. The highest BCUT2D eigenvalue weighted by molar-refractivity contribution is 5.90. The predicted octanol–water partition coefficient (Wildman–Crippen LogP) is 1.93. The Bertz CT molecular complexity index is 746. The van der Waals surface area contributed by atoms with Gasteiger partial charge >= 0.3 is 23.9 Å². The van der Waals surface area contributed by atoms with Gasteiger partial charge in [0.2, 0.25) is 0 Å². The van der Waals surface area contributed by atoms with Crippen LogP contribution in [0, 0.1) is 0 Å². The Morgan fingerprint density at radius 3 is 1.38 bits per heavy atom. The van der Waals surface area contributed by atoms with Crippen LogP contribution < -0.4 is 0 Å². The molecule has 2 rings (SSSR count). The highest BCUT2D eigenvalue weighted by Gasteiger charge is 2.08. The maximum atomic E-state index is 10.8. The molecule has 0 unspecified atom stereocenters. The number of carboxylic acid groups (broad SMARTS) is 3. The number of aliphatic carboxylic acids is 3. The van der Waals surface area contributed by atoms with Gasteiger partial charge in [0.25, 0.3) is 0 Å². The monoisotopic (exact) mass is 406 g/mol. The van der Waals surface area contributed by atoms with Gasteiger partial charge < -0.3 is 25.2 Å². The summed E-state index contributed by atoms with van der Waals surface area (Å²) in [4.78, 5) is 39.8. The van der Waals surface area contributed by atoms with Gasteiger partial charge in [0.15, 0.2) is 0 Å². The van der Waals surface area contributed by atoms with Gasteiger partial charge in [-0.1, -0.05) is 60.7 Å². The Morgan fingerprint density at radius 1 is 0.655 bits per heavy atom. The molecular formula is C20H22O9. The minimum absolute atomic E-state index is 0.118. The van der Waals surface area contributed by atoms with E-state index in [0.717, 1.165) is 11.1 Å². The molecule has 0 radical (unpaired) electrons. The fourth-order valence-corrected chi connectivity index (χ4v) is 1.63. The van der Waals surface area contributed by atoms with E-state index in [9.17, 15) is 19.2 Å². The van der Waals surface area contributed by atoms with Crippen molar-refractivity contribution < 1.29 is 44.3 Å². The second kappa shape index (κ2) is 15.3. The van der Waals surface area contributed by atoms with Crippen LogP contribution in [0.4, 0.5) is 0 Å². The maximum Gasteiger partial charge on any atom is 0.317 e. The van der Waals surface area contributed by atoms with Crippen LogP contribution in [0.2, 0.25) is 0 Å². The number of hydrogen-bond donors (Lipinski definition) is 4. The first-order valence-corrected chi connectivity index (χ1v) is 8.24. The van der Waals surface area contributed by atoms with Gasteiger partial charge in [0.05, 0.1) is 6.61 Å². The molecule has 0 heterocycles. The molecule has 4 N–H and O–H groups in total. The van der Waals surface area contributed by atoms with Gasteiger partial charge in [-0.3, -0.25) is 19.2 Å². The maximum absolute atomic E-state index is 10.8. The second-order valence-corrected chi connectivity index (χ2v) is 5.32. The molecule has 2 aromatic rings. The second-order valence-electron chi connectivity index (χ2n) is 5.32. The van der Waals surface area contributed by atoms with E-state index < -0.39 is 36.7 Å². The Labute approximate surface area is 166 Å². The van der Waals surface area contributed by atoms with E-state index in [1.54, 1.807) is 12.1 Å². The summed E-state index contributed by atoms with van der Waals surface area (Å²) in [6, 6.07) is 18.6. The molecule has 156 valence electrons. The van der Waals surface area contributed by atoms with Gasteiger partial charge in [0.1, 0.15) is 19.4 Å². The number of hydrogen-bond acceptors (Lipinski definition) is 6. The Hall–Kier alpha value is -3.72. The number of esters is 1. The first kappa shape index (κ1) is 25.3. The minimum atomic E-state index is -1.31. The molecule has 9 nitrogen and oxygen atoms in total. The van der Waals surface area contributed by atoms with Crippen molar-refractivity contribution >= 4 is 23.9 Å². The van der Waals surface area contributed by atoms with Crippen LogP contribution in [-0.4, -0.2) is 44.3 Å². The number of ether oxygens (including phenoxy) is 1. The molecule has 0 aromatic heterocycles. The van der Waals surface area contributed by atoms with Gasteiger partial charge in [-0.25, -0.2) is 0 Å². The third kappa shape index (κ3) is 16.2. The zero-order chi connectivity index (χ0) is 22.1. The van der Waals surface area contributed by atoms with Crippen LogP contribution in [0.1, 0.15) is 24.0 Å². The molecule has 0 saturated carbocycles. The molecule has 0 aliphatic carbocycles. The molecule has 0 saturated heterocycles. The number of benzene rings is 2. The summed E-state index contributed by atoms with van der Waals surface area (Å²) in [6.45, 7) is 0.258. The summed E-state index contributed by atoms with van der Waals surface area (Å²) in [7, 11) is 0. The molecule has 2 aromatic carbocycles. The van der Waals surface area contributed by atoms with Crippen molar-refractivity contribution in [3.05, 3.63) is 71.8 Å². The summed E-state index contributed by atoms with van der Waals surface area (Å²) >= 11 is 0. The van der Waals surface area contributed by atoms with E-state index in [1.165, 1.54) is 0 Å². The van der Waals surface area contributed by atoms with Gasteiger partial charge in [-0.15, -0.1) is 0 Å². The van der Waals surface area contributed by atoms with Gasteiger partial charge in [-0.05, 0) is 11.1 Å². The third-order valence-corrected chi connectivity index (χ3v) is 2.87. The van der Waals surface area contributed by atoms with Crippen molar-refractivity contribution in [3.8, 4) is 0 Å². The summed E-state index contributed by atoms with van der Waals surface area (Å²) in [5.41, 5.74) is 1.80. The number of carboxylic acids is 3. The molecular weight excluding hydrogens is 384 g/mol. The summed E-state index contributed by atoms with van der Waals surface area (Å²) in [5, 5.41) is 32.2. The first-order chi connectivity index (χ1) is 13.7. The van der Waals surface area contributed by atoms with Crippen LogP contribution in [0.5, 0.6) is 0 Å². The van der Waals surface area contributed by atoms with Crippen LogP contribution in [0.25, 0.3) is 0 Å². The Balaban J connectivity index is 0.000000444. The lowest BCUT2D eigenvalue weighted by Gasteiger charge is -2.02. The standard InChI is InChI=1S/C10H10O4.C7H8O.C3H4O4/c11-9(12)6-10(13)14-7-8-4-2-1-3-5-8;8-6-7-4-2-1-3-5-7;4-2(5)1-3(6)7/h1-5H,6-7H2,(H,11,12);1-5,8H,6H2;1H2,(H,4,5)(H,6,7). The van der Waals surface area contributed by atoms with Crippen LogP contribution in [0.3, 0.4) is 0 Å². The summed E-state index contributed by atoms with van der Waals surface area (Å²) in [5.74, 6) is -4.52. The predicted molar refractivity (Wildman–Crippen MR) is 101 cm³/mol. The lowest BCUT2D eigenvalue weighted by atomic mass is 10.2. The van der Waals surface area contributed by atoms with E-state index in [4.69, 9.17) is 25.2 Å². The van der Waals surface area contributed by atoms with E-state index >= 15 is 0 Å². The van der Waals surface area contributed by atoms with Crippen molar-refractivity contribution in [1.29, 1.82) is 0 Å². The van der Waals surface area contributed by atoms with E-state index in [-0.39, 0.29) is 13.2 Å². The van der Waals surface area contributed by atoms with E-state index in [0.29, 0.717) is 0 Å². The normalized spacial score (nSPS) is 9.00. The summed E-state index contributed by atoms with van der Waals surface area (Å²) in [6.07, 6.45) is -1.40. The molecule has 29 heavy (non-hydrogen) atoms. The van der Waals surface area contributed by atoms with Crippen LogP contribution in [0.15, 0.2) is 60.7 Å². The lowest BCUT2D eigenvalue weighted by Crippen LogP contribution is -2.10. The van der Waals surface area contributed by atoms with Gasteiger partial charge in [-0.2, -0.15) is 0 Å². The third-order valence-electron chi connectivity index (χ3n) is 2.87. The zero-order valence-corrected chi connectivity index (χ0v) is 15.4. The molecule has 0 aliphatic rings. The number of carbonyl (C=O) groups is 4. The fraction of sp³-hybridized carbons (Fsp3) is 0.200. The number of rotatable bonds is 7. The topological polar surface area (TPSA) is 158 Å². The van der Waals surface area contributed by atoms with E-state index in [1.807, 2.05) is 48.5 Å². The number of aliphatic hydroxyl groups excluding tert-OH is 1. The smallest absolute Gasteiger partial charge is 0.317 e. The van der Waals surface area contributed by atoms with Crippen molar-refractivity contribution in [3.63, 3.8) is 0 Å². The number of aliphatic hydroxyl groups is 1. The Morgan fingerprint density at radius 2 is 1.07 bits per heavy atom. The zero-order valence-electron chi connectivity index (χ0n) is 15.4. The van der Waals surface area contributed by atoms with Crippen molar-refractivity contribution in [2.75, 3.05) is 0 Å². The van der Waals surface area contributed by atoms with Crippen molar-refractivity contribution in [1.82, 2.24) is 0 Å². The number of carbonyl (C=O) groups excluding carboxylic acids is 1. The Kier molecular flexibility index (Phi) is 13.4. The fourth-order valence-electron chi connectivity index (χ4n) is 1.63. The molecule has 0 bridgehead atoms. The van der Waals surface area contributed by atoms with Gasteiger partial charge in [0, 0.05) is 0 Å². The average molecular weight is 406 g/mol. The highest BCUT2D eigenvalue weighted by atomic mass is 16.5. The van der Waals surface area contributed by atoms with Crippen molar-refractivity contribution in [2.45, 2.75) is 26.1 Å². The molecule has 0 fully saturated rings. The molecule has 0 aliphatic heterocycles. The van der Waals surface area contributed by atoms with Crippen molar-refractivity contribution in [2.24, 2.45) is 0 Å². The highest BCUT2D eigenvalue weighted by Crippen LogP contribution is 2.01. The molecule has 0 atom stereocenters. The quantitative estimate of drug-likeness (QED) is 0.398.